The highest BCUT2D eigenvalue weighted by Crippen LogP contribution is 2.09. The Labute approximate surface area is 94.5 Å². The topological polar surface area (TPSA) is 106 Å². The van der Waals surface area contributed by atoms with Gasteiger partial charge in [0.25, 0.3) is 0 Å². The van der Waals surface area contributed by atoms with Gasteiger partial charge in [-0.15, -0.1) is 0 Å². The van der Waals surface area contributed by atoms with Crippen LogP contribution in [0.15, 0.2) is 12.7 Å². The van der Waals surface area contributed by atoms with Gasteiger partial charge < -0.3 is 16.5 Å². The monoisotopic (exact) mass is 222 g/mol. The van der Waals surface area contributed by atoms with E-state index in [2.05, 4.69) is 26.9 Å². The number of rotatable bonds is 3. The van der Waals surface area contributed by atoms with Crippen molar-refractivity contribution in [1.82, 2.24) is 19.9 Å². The third kappa shape index (κ3) is 3.47. The van der Waals surface area contributed by atoms with Gasteiger partial charge in [-0.1, -0.05) is 19.8 Å². The molecule has 88 valence electrons. The lowest BCUT2D eigenvalue weighted by atomic mass is 10.3. The van der Waals surface area contributed by atoms with E-state index < -0.39 is 0 Å². The lowest BCUT2D eigenvalue weighted by molar-refractivity contribution is 0.727. The smallest absolute Gasteiger partial charge is 0.182 e. The zero-order chi connectivity index (χ0) is 11.8. The molecule has 6 heteroatoms. The summed E-state index contributed by atoms with van der Waals surface area (Å²) in [5, 5.41) is 0. The van der Waals surface area contributed by atoms with Gasteiger partial charge in [-0.05, 0) is 13.0 Å². The number of nitrogens with one attached hydrogen (secondary N) is 1. The molecule has 0 aliphatic rings. The molecule has 2 rings (SSSR count). The van der Waals surface area contributed by atoms with E-state index in [1.807, 2.05) is 0 Å². The van der Waals surface area contributed by atoms with E-state index in [1.165, 1.54) is 31.9 Å². The second kappa shape index (κ2) is 6.73. The summed E-state index contributed by atoms with van der Waals surface area (Å²) in [6.45, 7) is 3.03. The van der Waals surface area contributed by atoms with Gasteiger partial charge in [-0.3, -0.25) is 0 Å². The van der Waals surface area contributed by atoms with Crippen molar-refractivity contribution in [1.29, 1.82) is 0 Å². The number of nitrogens with two attached hydrogens (primary N) is 2. The predicted molar refractivity (Wildman–Crippen MR) is 64.7 cm³/mol. The van der Waals surface area contributed by atoms with Crippen LogP contribution in [-0.2, 0) is 0 Å². The molecule has 0 spiro atoms. The molecular formula is C10H18N6. The number of hydrogen-bond acceptors (Lipinski definition) is 5. The van der Waals surface area contributed by atoms with Crippen molar-refractivity contribution in [3.05, 3.63) is 12.7 Å². The molecule has 0 aromatic carbocycles. The molecule has 16 heavy (non-hydrogen) atoms. The quantitative estimate of drug-likeness (QED) is 0.673. The molecule has 0 fully saturated rings. The van der Waals surface area contributed by atoms with Crippen LogP contribution in [0.2, 0.25) is 0 Å². The molecule has 0 unspecified atom stereocenters. The summed E-state index contributed by atoms with van der Waals surface area (Å²) in [5.41, 5.74) is 12.0. The molecule has 0 radical (unpaired) electrons. The van der Waals surface area contributed by atoms with Crippen LogP contribution in [0.4, 0.5) is 5.82 Å². The van der Waals surface area contributed by atoms with Crippen LogP contribution in [0.5, 0.6) is 0 Å². The van der Waals surface area contributed by atoms with E-state index in [0.29, 0.717) is 17.0 Å². The third-order valence-electron chi connectivity index (χ3n) is 2.06. The number of aromatic nitrogens is 4. The van der Waals surface area contributed by atoms with E-state index >= 15 is 0 Å². The van der Waals surface area contributed by atoms with Crippen molar-refractivity contribution >= 4 is 17.0 Å². The predicted octanol–water partition coefficient (Wildman–Crippen LogP) is 1.07. The molecule has 0 saturated carbocycles. The zero-order valence-corrected chi connectivity index (χ0v) is 9.48. The number of unbranched alkanes of at least 4 members (excludes halogenated alkanes) is 2. The number of H-pyrrole nitrogens is 1. The van der Waals surface area contributed by atoms with Gasteiger partial charge in [-0.2, -0.15) is 0 Å². The minimum atomic E-state index is 0.433. The highest BCUT2D eigenvalue weighted by atomic mass is 15.0. The maximum absolute atomic E-state index is 5.48. The number of hydrogen-bond donors (Lipinski definition) is 3. The lowest BCUT2D eigenvalue weighted by Crippen LogP contribution is -1.96. The fraction of sp³-hybridized carbons (Fsp3) is 0.500. The third-order valence-corrected chi connectivity index (χ3v) is 2.06. The summed E-state index contributed by atoms with van der Waals surface area (Å²) in [6, 6.07) is 0. The first kappa shape index (κ1) is 12.4. The van der Waals surface area contributed by atoms with E-state index in [0.717, 1.165) is 6.54 Å². The SMILES string of the molecule is CCCCCN.Nc1ncnc2nc[nH]c12. The summed E-state index contributed by atoms with van der Waals surface area (Å²) in [7, 11) is 0. The van der Waals surface area contributed by atoms with Crippen LogP contribution in [0.25, 0.3) is 11.2 Å². The standard InChI is InChI=1S/C5H5N5.C5H13N/c6-4-3-5(9-1-7-3)10-2-8-4;1-2-3-4-5-6/h1-2H,(H3,6,7,8,9,10);2-6H2,1H3. The molecule has 0 bridgehead atoms. The maximum Gasteiger partial charge on any atom is 0.182 e. The number of anilines is 1. The van der Waals surface area contributed by atoms with Crippen molar-refractivity contribution in [2.24, 2.45) is 5.73 Å². The molecule has 0 saturated heterocycles. The van der Waals surface area contributed by atoms with Gasteiger partial charge in [-0.25, -0.2) is 15.0 Å². The van der Waals surface area contributed by atoms with Gasteiger partial charge in [0, 0.05) is 0 Å². The van der Waals surface area contributed by atoms with Crippen molar-refractivity contribution in [2.45, 2.75) is 26.2 Å². The molecular weight excluding hydrogens is 204 g/mol. The number of imidazole rings is 1. The van der Waals surface area contributed by atoms with Gasteiger partial charge >= 0.3 is 0 Å². The van der Waals surface area contributed by atoms with Crippen LogP contribution in [0.1, 0.15) is 26.2 Å². The number of fused-ring (bicyclic) bond motifs is 1. The van der Waals surface area contributed by atoms with Crippen molar-refractivity contribution in [3.8, 4) is 0 Å². The van der Waals surface area contributed by atoms with E-state index in [1.54, 1.807) is 0 Å². The number of nitrogen functional groups attached to an aromatic ring is 1. The van der Waals surface area contributed by atoms with E-state index in [9.17, 15) is 0 Å². The normalized spacial score (nSPS) is 9.88. The first-order valence-electron chi connectivity index (χ1n) is 5.39. The van der Waals surface area contributed by atoms with Gasteiger partial charge in [0.15, 0.2) is 11.5 Å². The first-order valence-corrected chi connectivity index (χ1v) is 5.39. The molecule has 0 aliphatic carbocycles. The van der Waals surface area contributed by atoms with E-state index in [4.69, 9.17) is 11.5 Å². The average molecular weight is 222 g/mol. The largest absolute Gasteiger partial charge is 0.382 e. The summed E-state index contributed by atoms with van der Waals surface area (Å²) < 4.78 is 0. The molecule has 5 N–H and O–H groups in total. The fourth-order valence-corrected chi connectivity index (χ4v) is 1.18. The molecule has 6 nitrogen and oxygen atoms in total. The Morgan fingerprint density at radius 2 is 2.06 bits per heavy atom. The van der Waals surface area contributed by atoms with Crippen molar-refractivity contribution in [2.75, 3.05) is 12.3 Å². The summed E-state index contributed by atoms with van der Waals surface area (Å²) in [5.74, 6) is 0.433. The minimum Gasteiger partial charge on any atom is -0.382 e. The number of nitrogens with zero attached hydrogens (tertiary/aromatic N) is 3. The Hall–Kier alpha value is -1.69. The van der Waals surface area contributed by atoms with Gasteiger partial charge in [0.1, 0.15) is 11.8 Å². The molecule has 0 atom stereocenters. The highest BCUT2D eigenvalue weighted by molar-refractivity contribution is 5.80. The molecule has 2 heterocycles. The van der Waals surface area contributed by atoms with Gasteiger partial charge in [0.05, 0.1) is 6.33 Å². The highest BCUT2D eigenvalue weighted by Gasteiger charge is 1.99. The Balaban J connectivity index is 0.000000187. The average Bonchev–Trinajstić information content (AvgIpc) is 2.77. The molecule has 2 aromatic heterocycles. The van der Waals surface area contributed by atoms with E-state index in [-0.39, 0.29) is 0 Å². The van der Waals surface area contributed by atoms with Crippen LogP contribution in [-0.4, -0.2) is 26.5 Å². The molecule has 0 aliphatic heterocycles. The Kier molecular flexibility index (Phi) is 5.21. The van der Waals surface area contributed by atoms with Crippen molar-refractivity contribution in [3.63, 3.8) is 0 Å². The van der Waals surface area contributed by atoms with Crippen LogP contribution >= 0.6 is 0 Å². The Morgan fingerprint density at radius 3 is 2.62 bits per heavy atom. The van der Waals surface area contributed by atoms with Crippen LogP contribution in [0.3, 0.4) is 0 Å². The molecule has 2 aromatic rings. The first-order chi connectivity index (χ1) is 7.79. The van der Waals surface area contributed by atoms with Crippen LogP contribution in [0, 0.1) is 0 Å². The Morgan fingerprint density at radius 1 is 1.25 bits per heavy atom. The van der Waals surface area contributed by atoms with Gasteiger partial charge in [0.2, 0.25) is 0 Å². The number of aromatic amines is 1. The molecule has 0 amide bonds. The fourth-order valence-electron chi connectivity index (χ4n) is 1.18. The summed E-state index contributed by atoms with van der Waals surface area (Å²) in [4.78, 5) is 14.4. The minimum absolute atomic E-state index is 0.433. The summed E-state index contributed by atoms with van der Waals surface area (Å²) >= 11 is 0. The summed E-state index contributed by atoms with van der Waals surface area (Å²) in [6.07, 6.45) is 6.68. The van der Waals surface area contributed by atoms with Crippen molar-refractivity contribution < 1.29 is 0 Å². The second-order valence-electron chi connectivity index (χ2n) is 3.36. The second-order valence-corrected chi connectivity index (χ2v) is 3.36. The zero-order valence-electron chi connectivity index (χ0n) is 9.48. The lowest BCUT2D eigenvalue weighted by Gasteiger charge is -1.89. The maximum atomic E-state index is 5.48. The Bertz CT molecular complexity index is 406. The van der Waals surface area contributed by atoms with Crippen LogP contribution < -0.4 is 11.5 Å².